The minimum absolute atomic E-state index is 0.165. The third-order valence-corrected chi connectivity index (χ3v) is 4.15. The summed E-state index contributed by atoms with van der Waals surface area (Å²) in [5, 5.41) is 12.7. The van der Waals surface area contributed by atoms with Gasteiger partial charge in [-0.05, 0) is 47.7 Å². The van der Waals surface area contributed by atoms with Gasteiger partial charge in [-0.15, -0.1) is 0 Å². The van der Waals surface area contributed by atoms with Gasteiger partial charge in [-0.3, -0.25) is 0 Å². The lowest BCUT2D eigenvalue weighted by atomic mass is 10.2. The maximum Gasteiger partial charge on any atom is 0.140 e. The van der Waals surface area contributed by atoms with Crippen LogP contribution in [-0.2, 0) is 0 Å². The van der Waals surface area contributed by atoms with Crippen molar-refractivity contribution in [2.24, 2.45) is 0 Å². The van der Waals surface area contributed by atoms with Gasteiger partial charge in [-0.1, -0.05) is 0 Å². The Morgan fingerprint density at radius 1 is 1.62 bits per heavy atom. The third kappa shape index (κ3) is 3.64. The van der Waals surface area contributed by atoms with E-state index < -0.39 is 0 Å². The lowest BCUT2D eigenvalue weighted by Gasteiger charge is -2.22. The Morgan fingerprint density at radius 2 is 2.31 bits per heavy atom. The number of nitrogens with zero attached hydrogens (tertiary/aromatic N) is 1. The molecule has 0 saturated heterocycles. The number of rotatable bonds is 5. The zero-order valence-electron chi connectivity index (χ0n) is 9.70. The monoisotopic (exact) mass is 304 g/mol. The molecule has 0 aliphatic carbocycles. The molecule has 2 N–H and O–H groups in total. The van der Waals surface area contributed by atoms with Crippen LogP contribution in [0.3, 0.4) is 0 Å². The standard InChI is InChI=1S/C11H17BrN2OS/c1-7-4-9(12)11(13-5-7)14-8(2)10(6-15)16-3/h4-5,8,10,15H,6H2,1-3H3,(H,13,14). The van der Waals surface area contributed by atoms with Gasteiger partial charge in [0.1, 0.15) is 5.82 Å². The molecule has 1 aromatic rings. The number of aliphatic hydroxyl groups is 1. The van der Waals surface area contributed by atoms with Crippen molar-refractivity contribution in [3.05, 3.63) is 22.3 Å². The molecule has 2 atom stereocenters. The second-order valence-corrected chi connectivity index (χ2v) is 5.66. The second-order valence-electron chi connectivity index (χ2n) is 3.73. The number of hydrogen-bond donors (Lipinski definition) is 2. The number of thioether (sulfide) groups is 1. The summed E-state index contributed by atoms with van der Waals surface area (Å²) in [5.41, 5.74) is 1.12. The highest BCUT2D eigenvalue weighted by atomic mass is 79.9. The van der Waals surface area contributed by atoms with E-state index in [0.717, 1.165) is 15.9 Å². The van der Waals surface area contributed by atoms with Crippen LogP contribution in [-0.4, -0.2) is 34.2 Å². The van der Waals surface area contributed by atoms with Crippen molar-refractivity contribution in [3.63, 3.8) is 0 Å². The van der Waals surface area contributed by atoms with Crippen molar-refractivity contribution >= 4 is 33.5 Å². The molecular formula is C11H17BrN2OS. The highest BCUT2D eigenvalue weighted by Crippen LogP contribution is 2.23. The molecule has 1 rings (SSSR count). The van der Waals surface area contributed by atoms with Crippen molar-refractivity contribution in [1.82, 2.24) is 4.98 Å². The summed E-state index contributed by atoms with van der Waals surface area (Å²) in [7, 11) is 0. The van der Waals surface area contributed by atoms with Crippen LogP contribution in [0.2, 0.25) is 0 Å². The number of hydrogen-bond acceptors (Lipinski definition) is 4. The number of pyridine rings is 1. The summed E-state index contributed by atoms with van der Waals surface area (Å²) in [6.45, 7) is 4.22. The molecule has 0 fully saturated rings. The van der Waals surface area contributed by atoms with E-state index in [4.69, 9.17) is 0 Å². The molecule has 3 nitrogen and oxygen atoms in total. The number of halogens is 1. The van der Waals surface area contributed by atoms with Crippen LogP contribution in [0.5, 0.6) is 0 Å². The van der Waals surface area contributed by atoms with E-state index in [1.54, 1.807) is 11.8 Å². The van der Waals surface area contributed by atoms with Gasteiger partial charge >= 0.3 is 0 Å². The van der Waals surface area contributed by atoms with Crippen LogP contribution in [0.25, 0.3) is 0 Å². The number of aromatic nitrogens is 1. The fourth-order valence-corrected chi connectivity index (χ4v) is 2.59. The largest absolute Gasteiger partial charge is 0.395 e. The molecule has 1 heterocycles. The summed E-state index contributed by atoms with van der Waals surface area (Å²) in [5.74, 6) is 0.825. The molecule has 0 amide bonds. The average Bonchev–Trinajstić information content (AvgIpc) is 2.24. The van der Waals surface area contributed by atoms with Gasteiger partial charge in [-0.2, -0.15) is 11.8 Å². The first kappa shape index (κ1) is 13.8. The van der Waals surface area contributed by atoms with E-state index >= 15 is 0 Å². The van der Waals surface area contributed by atoms with E-state index in [1.165, 1.54) is 0 Å². The van der Waals surface area contributed by atoms with Crippen molar-refractivity contribution in [2.75, 3.05) is 18.2 Å². The van der Waals surface area contributed by atoms with Gasteiger partial charge in [0.2, 0.25) is 0 Å². The maximum atomic E-state index is 9.19. The molecule has 0 radical (unpaired) electrons. The number of aryl methyl sites for hydroxylation is 1. The molecular weight excluding hydrogens is 288 g/mol. The summed E-state index contributed by atoms with van der Waals surface area (Å²) in [6, 6.07) is 2.20. The molecule has 0 aromatic carbocycles. The quantitative estimate of drug-likeness (QED) is 0.878. The van der Waals surface area contributed by atoms with E-state index in [-0.39, 0.29) is 17.9 Å². The first-order valence-electron chi connectivity index (χ1n) is 5.10. The van der Waals surface area contributed by atoms with Crippen LogP contribution in [0.4, 0.5) is 5.82 Å². The van der Waals surface area contributed by atoms with E-state index in [2.05, 4.69) is 26.2 Å². The first-order valence-corrected chi connectivity index (χ1v) is 7.19. The predicted molar refractivity (Wildman–Crippen MR) is 74.1 cm³/mol. The summed E-state index contributed by atoms with van der Waals surface area (Å²) in [4.78, 5) is 4.32. The summed E-state index contributed by atoms with van der Waals surface area (Å²) >= 11 is 5.12. The molecule has 2 unspecified atom stereocenters. The molecule has 1 aromatic heterocycles. The number of nitrogens with one attached hydrogen (secondary N) is 1. The van der Waals surface area contributed by atoms with Crippen molar-refractivity contribution in [1.29, 1.82) is 0 Å². The topological polar surface area (TPSA) is 45.1 Å². The molecule has 5 heteroatoms. The summed E-state index contributed by atoms with van der Waals surface area (Å²) < 4.78 is 0.956. The van der Waals surface area contributed by atoms with Crippen molar-refractivity contribution < 1.29 is 5.11 Å². The normalized spacial score (nSPS) is 14.6. The van der Waals surface area contributed by atoms with Crippen LogP contribution in [0.1, 0.15) is 12.5 Å². The predicted octanol–water partition coefficient (Wildman–Crippen LogP) is 2.68. The zero-order chi connectivity index (χ0) is 12.1. The Kier molecular flexibility index (Phi) is 5.58. The lowest BCUT2D eigenvalue weighted by Crippen LogP contribution is -2.31. The van der Waals surface area contributed by atoms with Crippen LogP contribution >= 0.6 is 27.7 Å². The van der Waals surface area contributed by atoms with Gasteiger partial charge in [0, 0.05) is 17.5 Å². The molecule has 90 valence electrons. The van der Waals surface area contributed by atoms with Crippen molar-refractivity contribution in [2.45, 2.75) is 25.1 Å². The van der Waals surface area contributed by atoms with Gasteiger partial charge in [0.25, 0.3) is 0 Å². The van der Waals surface area contributed by atoms with Gasteiger partial charge in [0.05, 0.1) is 11.1 Å². The molecule has 0 bridgehead atoms. The Balaban J connectivity index is 2.72. The number of aliphatic hydroxyl groups excluding tert-OH is 1. The van der Waals surface area contributed by atoms with Crippen LogP contribution in [0.15, 0.2) is 16.7 Å². The van der Waals surface area contributed by atoms with Crippen LogP contribution < -0.4 is 5.32 Å². The van der Waals surface area contributed by atoms with Crippen LogP contribution in [0, 0.1) is 6.92 Å². The smallest absolute Gasteiger partial charge is 0.140 e. The van der Waals surface area contributed by atoms with E-state index in [9.17, 15) is 5.11 Å². The maximum absolute atomic E-state index is 9.19. The van der Waals surface area contributed by atoms with E-state index in [1.807, 2.05) is 32.4 Å². The lowest BCUT2D eigenvalue weighted by molar-refractivity contribution is 0.288. The summed E-state index contributed by atoms with van der Waals surface area (Å²) in [6.07, 6.45) is 3.82. The SMILES string of the molecule is CSC(CO)C(C)Nc1ncc(C)cc1Br. The van der Waals surface area contributed by atoms with Gasteiger partial charge in [0.15, 0.2) is 0 Å². The molecule has 0 spiro atoms. The number of anilines is 1. The fourth-order valence-electron chi connectivity index (χ4n) is 1.39. The molecule has 0 aliphatic rings. The Labute approximate surface area is 109 Å². The molecule has 0 aliphatic heterocycles. The highest BCUT2D eigenvalue weighted by molar-refractivity contribution is 9.10. The minimum Gasteiger partial charge on any atom is -0.395 e. The first-order chi connectivity index (χ1) is 7.58. The Bertz CT molecular complexity index is 345. The Hall–Kier alpha value is -0.260. The molecule has 0 saturated carbocycles. The van der Waals surface area contributed by atoms with E-state index in [0.29, 0.717) is 0 Å². The average molecular weight is 305 g/mol. The Morgan fingerprint density at radius 3 is 2.81 bits per heavy atom. The van der Waals surface area contributed by atoms with Crippen molar-refractivity contribution in [3.8, 4) is 0 Å². The zero-order valence-corrected chi connectivity index (χ0v) is 12.1. The third-order valence-electron chi connectivity index (χ3n) is 2.38. The van der Waals surface area contributed by atoms with Gasteiger partial charge in [-0.25, -0.2) is 4.98 Å². The van der Waals surface area contributed by atoms with Gasteiger partial charge < -0.3 is 10.4 Å². The second kappa shape index (κ2) is 6.47. The fraction of sp³-hybridized carbons (Fsp3) is 0.545. The minimum atomic E-state index is 0.165. The molecule has 16 heavy (non-hydrogen) atoms. The highest BCUT2D eigenvalue weighted by Gasteiger charge is 2.16.